The number of aromatic nitrogens is 2. The van der Waals surface area contributed by atoms with Gasteiger partial charge in [0, 0.05) is 50.0 Å². The highest BCUT2D eigenvalue weighted by Crippen LogP contribution is 2.38. The zero-order chi connectivity index (χ0) is 20.5. The summed E-state index contributed by atoms with van der Waals surface area (Å²) in [6, 6.07) is 10.4. The molecule has 0 unspecified atom stereocenters. The minimum atomic E-state index is -0.447. The standard InChI is InChI=1S/C24H27FN4O/c25-21-10-4-3-8-19(21)24(30)29-14-12-28(13-15-29)16-20-18-9-5-11-26-23(18)27-22(20)17-6-1-2-7-17/h3-5,8-11,17H,1-2,6-7,12-16H2,(H,26,27). The lowest BCUT2D eigenvalue weighted by atomic mass is 9.98. The first-order valence-electron chi connectivity index (χ1n) is 10.9. The first kappa shape index (κ1) is 19.2. The summed E-state index contributed by atoms with van der Waals surface area (Å²) in [7, 11) is 0. The second-order valence-electron chi connectivity index (χ2n) is 8.45. The van der Waals surface area contributed by atoms with Gasteiger partial charge in [0.15, 0.2) is 0 Å². The molecule has 3 aromatic rings. The Morgan fingerprint density at radius 3 is 2.60 bits per heavy atom. The van der Waals surface area contributed by atoms with Gasteiger partial charge in [-0.15, -0.1) is 0 Å². The zero-order valence-corrected chi connectivity index (χ0v) is 17.1. The number of nitrogens with zero attached hydrogens (tertiary/aromatic N) is 3. The molecule has 5 rings (SSSR count). The predicted octanol–water partition coefficient (Wildman–Crippen LogP) is 4.32. The van der Waals surface area contributed by atoms with E-state index in [-0.39, 0.29) is 11.5 Å². The molecule has 5 nitrogen and oxygen atoms in total. The van der Waals surface area contributed by atoms with E-state index in [1.54, 1.807) is 23.1 Å². The van der Waals surface area contributed by atoms with Crippen molar-refractivity contribution in [3.8, 4) is 0 Å². The third-order valence-electron chi connectivity index (χ3n) is 6.62. The van der Waals surface area contributed by atoms with Crippen molar-refractivity contribution in [1.82, 2.24) is 19.8 Å². The van der Waals surface area contributed by atoms with Crippen LogP contribution in [0.3, 0.4) is 0 Å². The number of rotatable bonds is 4. The van der Waals surface area contributed by atoms with Gasteiger partial charge >= 0.3 is 0 Å². The van der Waals surface area contributed by atoms with Crippen LogP contribution in [-0.2, 0) is 6.54 Å². The van der Waals surface area contributed by atoms with Crippen molar-refractivity contribution < 1.29 is 9.18 Å². The Morgan fingerprint density at radius 1 is 1.07 bits per heavy atom. The maximum Gasteiger partial charge on any atom is 0.256 e. The number of hydrogen-bond acceptors (Lipinski definition) is 3. The van der Waals surface area contributed by atoms with Gasteiger partial charge in [-0.2, -0.15) is 0 Å². The topological polar surface area (TPSA) is 52.2 Å². The van der Waals surface area contributed by atoms with Gasteiger partial charge in [0.2, 0.25) is 0 Å². The Labute approximate surface area is 175 Å². The molecule has 0 atom stereocenters. The maximum absolute atomic E-state index is 14.0. The van der Waals surface area contributed by atoms with E-state index in [4.69, 9.17) is 0 Å². The average molecular weight is 407 g/mol. The summed E-state index contributed by atoms with van der Waals surface area (Å²) < 4.78 is 14.0. The van der Waals surface area contributed by atoms with E-state index in [0.717, 1.165) is 25.3 Å². The molecular formula is C24H27FN4O. The largest absolute Gasteiger partial charge is 0.343 e. The number of halogens is 1. The lowest BCUT2D eigenvalue weighted by Crippen LogP contribution is -2.48. The van der Waals surface area contributed by atoms with Gasteiger partial charge in [0.25, 0.3) is 5.91 Å². The zero-order valence-electron chi connectivity index (χ0n) is 17.1. The van der Waals surface area contributed by atoms with Crippen LogP contribution in [0.5, 0.6) is 0 Å². The van der Waals surface area contributed by atoms with E-state index in [9.17, 15) is 9.18 Å². The first-order chi connectivity index (χ1) is 14.7. The number of amides is 1. The molecular weight excluding hydrogens is 379 g/mol. The molecule has 1 aliphatic carbocycles. The molecule has 30 heavy (non-hydrogen) atoms. The molecule has 2 fully saturated rings. The van der Waals surface area contributed by atoms with Crippen LogP contribution in [0.15, 0.2) is 42.6 Å². The third kappa shape index (κ3) is 3.60. The Hall–Kier alpha value is -2.73. The summed E-state index contributed by atoms with van der Waals surface area (Å²) in [6.07, 6.45) is 6.91. The normalized spacial score (nSPS) is 18.4. The summed E-state index contributed by atoms with van der Waals surface area (Å²) in [5, 5.41) is 1.21. The third-order valence-corrected chi connectivity index (χ3v) is 6.62. The van der Waals surface area contributed by atoms with E-state index in [1.807, 2.05) is 12.3 Å². The van der Waals surface area contributed by atoms with Gasteiger partial charge in [0.1, 0.15) is 11.5 Å². The van der Waals surface area contributed by atoms with Crippen LogP contribution in [-0.4, -0.2) is 51.9 Å². The van der Waals surface area contributed by atoms with Gasteiger partial charge < -0.3 is 9.88 Å². The summed E-state index contributed by atoms with van der Waals surface area (Å²) in [5.41, 5.74) is 3.85. The van der Waals surface area contributed by atoms with Crippen molar-refractivity contribution in [3.05, 3.63) is 65.2 Å². The minimum Gasteiger partial charge on any atom is -0.343 e. The number of nitrogens with one attached hydrogen (secondary N) is 1. The lowest BCUT2D eigenvalue weighted by Gasteiger charge is -2.35. The number of fused-ring (bicyclic) bond motifs is 1. The lowest BCUT2D eigenvalue weighted by molar-refractivity contribution is 0.0624. The number of carbonyl (C=O) groups excluding carboxylic acids is 1. The molecule has 3 heterocycles. The fraction of sp³-hybridized carbons (Fsp3) is 0.417. The minimum absolute atomic E-state index is 0.164. The summed E-state index contributed by atoms with van der Waals surface area (Å²) >= 11 is 0. The molecule has 1 saturated heterocycles. The van der Waals surface area contributed by atoms with Crippen LogP contribution in [0.25, 0.3) is 11.0 Å². The van der Waals surface area contributed by atoms with Crippen molar-refractivity contribution in [2.75, 3.05) is 26.2 Å². The van der Waals surface area contributed by atoms with Gasteiger partial charge in [-0.3, -0.25) is 9.69 Å². The fourth-order valence-electron chi connectivity index (χ4n) is 4.97. The molecule has 1 saturated carbocycles. The highest BCUT2D eigenvalue weighted by molar-refractivity contribution is 5.94. The summed E-state index contributed by atoms with van der Waals surface area (Å²) in [4.78, 5) is 25.0. The number of hydrogen-bond donors (Lipinski definition) is 1. The molecule has 0 spiro atoms. The summed E-state index contributed by atoms with van der Waals surface area (Å²) in [6.45, 7) is 3.67. The first-order valence-corrected chi connectivity index (χ1v) is 10.9. The van der Waals surface area contributed by atoms with Gasteiger partial charge in [0.05, 0.1) is 5.56 Å². The van der Waals surface area contributed by atoms with Crippen LogP contribution >= 0.6 is 0 Å². The quantitative estimate of drug-likeness (QED) is 0.702. The van der Waals surface area contributed by atoms with Crippen molar-refractivity contribution in [3.63, 3.8) is 0 Å². The van der Waals surface area contributed by atoms with E-state index in [2.05, 4.69) is 20.9 Å². The highest BCUT2D eigenvalue weighted by Gasteiger charge is 2.27. The number of carbonyl (C=O) groups is 1. The van der Waals surface area contributed by atoms with Crippen molar-refractivity contribution in [2.45, 2.75) is 38.1 Å². The summed E-state index contributed by atoms with van der Waals surface area (Å²) in [5.74, 6) is -0.0637. The van der Waals surface area contributed by atoms with Crippen LogP contribution in [0.2, 0.25) is 0 Å². The van der Waals surface area contributed by atoms with Gasteiger partial charge in [-0.25, -0.2) is 9.37 Å². The molecule has 0 radical (unpaired) electrons. The maximum atomic E-state index is 14.0. The van der Waals surface area contributed by atoms with E-state index >= 15 is 0 Å². The Kier molecular flexibility index (Phi) is 5.25. The molecule has 1 N–H and O–H groups in total. The van der Waals surface area contributed by atoms with Crippen molar-refractivity contribution in [2.24, 2.45) is 0 Å². The molecule has 156 valence electrons. The second kappa shape index (κ2) is 8.19. The smallest absolute Gasteiger partial charge is 0.256 e. The fourth-order valence-corrected chi connectivity index (χ4v) is 4.97. The van der Waals surface area contributed by atoms with Crippen LogP contribution < -0.4 is 0 Å². The molecule has 0 bridgehead atoms. The molecule has 1 amide bonds. The van der Waals surface area contributed by atoms with E-state index in [1.165, 1.54) is 48.4 Å². The van der Waals surface area contributed by atoms with Crippen LogP contribution in [0.1, 0.15) is 53.2 Å². The number of aromatic amines is 1. The number of H-pyrrole nitrogens is 1. The second-order valence-corrected chi connectivity index (χ2v) is 8.45. The number of piperazine rings is 1. The molecule has 2 aliphatic rings. The average Bonchev–Trinajstić information content (AvgIpc) is 3.43. The predicted molar refractivity (Wildman–Crippen MR) is 115 cm³/mol. The Bertz CT molecular complexity index is 1050. The van der Waals surface area contributed by atoms with Gasteiger partial charge in [-0.1, -0.05) is 25.0 Å². The van der Waals surface area contributed by atoms with Crippen LogP contribution in [0.4, 0.5) is 4.39 Å². The molecule has 2 aromatic heterocycles. The Morgan fingerprint density at radius 2 is 1.83 bits per heavy atom. The SMILES string of the molecule is O=C(c1ccccc1F)N1CCN(Cc2c(C3CCCC3)[nH]c3ncccc23)CC1. The number of benzene rings is 1. The molecule has 1 aromatic carbocycles. The molecule has 6 heteroatoms. The van der Waals surface area contributed by atoms with E-state index in [0.29, 0.717) is 19.0 Å². The van der Waals surface area contributed by atoms with Gasteiger partial charge in [-0.05, 0) is 48.6 Å². The van der Waals surface area contributed by atoms with Crippen molar-refractivity contribution >= 4 is 16.9 Å². The Balaban J connectivity index is 1.31. The van der Waals surface area contributed by atoms with Crippen molar-refractivity contribution in [1.29, 1.82) is 0 Å². The van der Waals surface area contributed by atoms with Crippen LogP contribution in [0, 0.1) is 5.82 Å². The monoisotopic (exact) mass is 406 g/mol. The number of pyridine rings is 1. The molecule has 1 aliphatic heterocycles. The highest BCUT2D eigenvalue weighted by atomic mass is 19.1. The van der Waals surface area contributed by atoms with E-state index < -0.39 is 5.82 Å².